The Balaban J connectivity index is 1.84. The van der Waals surface area contributed by atoms with E-state index in [2.05, 4.69) is 47.8 Å². The monoisotopic (exact) mass is 297 g/mol. The molecule has 0 spiro atoms. The molecule has 0 saturated carbocycles. The molecule has 0 unspecified atom stereocenters. The summed E-state index contributed by atoms with van der Waals surface area (Å²) in [5.74, 6) is 0.0473. The Bertz CT molecular complexity index is 957. The lowest BCUT2D eigenvalue weighted by Crippen LogP contribution is -2.13. The maximum Gasteiger partial charge on any atom is 0.252 e. The number of nitrogens with one attached hydrogen (secondary N) is 1. The zero-order chi connectivity index (χ0) is 15.4. The second-order valence-corrected chi connectivity index (χ2v) is 6.19. The molecule has 1 aliphatic heterocycles. The van der Waals surface area contributed by atoms with Gasteiger partial charge in [0.25, 0.3) is 5.91 Å². The molecule has 0 radical (unpaired) electrons. The second kappa shape index (κ2) is 4.56. The van der Waals surface area contributed by atoms with Crippen LogP contribution in [0, 0.1) is 0 Å². The van der Waals surface area contributed by atoms with Crippen molar-refractivity contribution in [1.29, 1.82) is 0 Å². The van der Waals surface area contributed by atoms with Gasteiger partial charge in [0.1, 0.15) is 0 Å². The molecule has 1 heterocycles. The summed E-state index contributed by atoms with van der Waals surface area (Å²) in [4.78, 5) is 12.5. The van der Waals surface area contributed by atoms with Gasteiger partial charge in [-0.05, 0) is 51.4 Å². The Kier molecular flexibility index (Phi) is 2.51. The van der Waals surface area contributed by atoms with E-state index in [1.54, 1.807) is 0 Å². The van der Waals surface area contributed by atoms with Crippen molar-refractivity contribution >= 4 is 5.91 Å². The van der Waals surface area contributed by atoms with E-state index in [-0.39, 0.29) is 5.91 Å². The van der Waals surface area contributed by atoms with Crippen LogP contribution in [0.1, 0.15) is 27.0 Å². The van der Waals surface area contributed by atoms with E-state index in [0.29, 0.717) is 6.54 Å². The number of carbonyl (C=O) groups is 1. The minimum Gasteiger partial charge on any atom is -0.348 e. The van der Waals surface area contributed by atoms with Crippen LogP contribution in [0.3, 0.4) is 0 Å². The number of carbonyl (C=O) groups excluding carboxylic acids is 1. The molecule has 2 heteroatoms. The summed E-state index contributed by atoms with van der Waals surface area (Å²) in [5.41, 5.74) is 9.43. The fourth-order valence-corrected chi connectivity index (χ4v) is 3.94. The first kappa shape index (κ1) is 12.7. The third-order valence-corrected chi connectivity index (χ3v) is 4.92. The average Bonchev–Trinajstić information content (AvgIpc) is 3.15. The molecular weight excluding hydrogens is 282 g/mol. The van der Waals surface area contributed by atoms with Gasteiger partial charge in [-0.3, -0.25) is 4.79 Å². The lowest BCUT2D eigenvalue weighted by Gasteiger charge is -2.12. The van der Waals surface area contributed by atoms with Gasteiger partial charge in [-0.25, -0.2) is 0 Å². The maximum atomic E-state index is 12.5. The zero-order valence-corrected chi connectivity index (χ0v) is 12.6. The molecule has 110 valence electrons. The lowest BCUT2D eigenvalue weighted by molar-refractivity contribution is 0.0966. The van der Waals surface area contributed by atoms with Gasteiger partial charge in [0.15, 0.2) is 0 Å². The summed E-state index contributed by atoms with van der Waals surface area (Å²) in [5, 5.41) is 3.02. The average molecular weight is 297 g/mol. The second-order valence-electron chi connectivity index (χ2n) is 6.19. The van der Waals surface area contributed by atoms with Gasteiger partial charge in [0.05, 0.1) is 5.56 Å². The highest BCUT2D eigenvalue weighted by Gasteiger charge is 2.31. The van der Waals surface area contributed by atoms with Crippen LogP contribution in [0.15, 0.2) is 60.7 Å². The molecule has 1 N–H and O–H groups in total. The van der Waals surface area contributed by atoms with Crippen LogP contribution in [0.25, 0.3) is 22.3 Å². The summed E-state index contributed by atoms with van der Waals surface area (Å²) in [6.07, 6.45) is 0.951. The summed E-state index contributed by atoms with van der Waals surface area (Å²) >= 11 is 0. The van der Waals surface area contributed by atoms with E-state index in [0.717, 1.165) is 28.7 Å². The van der Waals surface area contributed by atoms with E-state index in [4.69, 9.17) is 0 Å². The number of hydrogen-bond acceptors (Lipinski definition) is 1. The van der Waals surface area contributed by atoms with Crippen molar-refractivity contribution in [2.24, 2.45) is 0 Å². The van der Waals surface area contributed by atoms with Crippen LogP contribution in [-0.4, -0.2) is 5.91 Å². The predicted octanol–water partition coefficient (Wildman–Crippen LogP) is 4.17. The Hall–Kier alpha value is -2.87. The Labute approximate surface area is 134 Å². The molecule has 23 heavy (non-hydrogen) atoms. The molecule has 1 aliphatic carbocycles. The zero-order valence-electron chi connectivity index (χ0n) is 12.6. The molecule has 3 aromatic carbocycles. The smallest absolute Gasteiger partial charge is 0.252 e. The minimum atomic E-state index is 0.0473. The van der Waals surface area contributed by atoms with Gasteiger partial charge >= 0.3 is 0 Å². The molecular formula is C21H15NO. The first-order chi connectivity index (χ1) is 11.3. The highest BCUT2D eigenvalue weighted by Crippen LogP contribution is 2.44. The lowest BCUT2D eigenvalue weighted by atomic mass is 9.89. The molecule has 0 saturated heterocycles. The molecule has 5 rings (SSSR count). The predicted molar refractivity (Wildman–Crippen MR) is 91.3 cm³/mol. The number of hydrogen-bond donors (Lipinski definition) is 1. The highest BCUT2D eigenvalue weighted by atomic mass is 16.1. The number of rotatable bonds is 1. The van der Waals surface area contributed by atoms with Crippen molar-refractivity contribution in [3.8, 4) is 22.3 Å². The Morgan fingerprint density at radius 3 is 2.43 bits per heavy atom. The van der Waals surface area contributed by atoms with Gasteiger partial charge < -0.3 is 5.32 Å². The van der Waals surface area contributed by atoms with Crippen molar-refractivity contribution in [1.82, 2.24) is 5.32 Å². The summed E-state index contributed by atoms with van der Waals surface area (Å²) in [6.45, 7) is 0.630. The molecule has 0 atom stereocenters. The van der Waals surface area contributed by atoms with E-state index in [1.165, 1.54) is 22.3 Å². The van der Waals surface area contributed by atoms with E-state index >= 15 is 0 Å². The number of fused-ring (bicyclic) bond motifs is 5. The van der Waals surface area contributed by atoms with Crippen molar-refractivity contribution in [2.45, 2.75) is 13.0 Å². The van der Waals surface area contributed by atoms with Gasteiger partial charge in [-0.2, -0.15) is 0 Å². The standard InChI is InChI=1S/C21H15NO/c23-21-20-17(13-6-2-1-3-7-13)11-15-10-14-8-4-5-9-16(14)19(15)18(20)12-22-21/h1-9,11H,10,12H2,(H,22,23). The molecule has 2 nitrogen and oxygen atoms in total. The van der Waals surface area contributed by atoms with Gasteiger partial charge in [0, 0.05) is 6.54 Å². The SMILES string of the molecule is O=C1NCc2c1c(-c1ccccc1)cc1c2-c2ccccc2C1. The largest absolute Gasteiger partial charge is 0.348 e. The summed E-state index contributed by atoms with van der Waals surface area (Å²) in [6, 6.07) is 21.0. The Morgan fingerprint density at radius 2 is 1.57 bits per heavy atom. The maximum absolute atomic E-state index is 12.5. The summed E-state index contributed by atoms with van der Waals surface area (Å²) in [7, 11) is 0. The summed E-state index contributed by atoms with van der Waals surface area (Å²) < 4.78 is 0. The van der Waals surface area contributed by atoms with Crippen molar-refractivity contribution in [2.75, 3.05) is 0 Å². The van der Waals surface area contributed by atoms with Crippen molar-refractivity contribution in [3.63, 3.8) is 0 Å². The van der Waals surface area contributed by atoms with E-state index < -0.39 is 0 Å². The van der Waals surface area contributed by atoms with Gasteiger partial charge in [-0.15, -0.1) is 0 Å². The van der Waals surface area contributed by atoms with Crippen molar-refractivity contribution in [3.05, 3.63) is 82.9 Å². The highest BCUT2D eigenvalue weighted by molar-refractivity contribution is 6.07. The molecule has 0 fully saturated rings. The molecule has 3 aromatic rings. The third kappa shape index (κ3) is 1.72. The molecule has 0 aromatic heterocycles. The fourth-order valence-electron chi connectivity index (χ4n) is 3.94. The quantitative estimate of drug-likeness (QED) is 0.561. The van der Waals surface area contributed by atoms with Crippen LogP contribution >= 0.6 is 0 Å². The minimum absolute atomic E-state index is 0.0473. The van der Waals surface area contributed by atoms with Crippen LogP contribution in [0.4, 0.5) is 0 Å². The Morgan fingerprint density at radius 1 is 0.783 bits per heavy atom. The number of benzene rings is 3. The third-order valence-electron chi connectivity index (χ3n) is 4.92. The van der Waals surface area contributed by atoms with E-state index in [1.807, 2.05) is 18.2 Å². The van der Waals surface area contributed by atoms with Crippen LogP contribution < -0.4 is 5.32 Å². The fraction of sp³-hybridized carbons (Fsp3) is 0.0952. The normalized spacial score (nSPS) is 14.2. The van der Waals surface area contributed by atoms with Crippen LogP contribution in [0.5, 0.6) is 0 Å². The first-order valence-electron chi connectivity index (χ1n) is 7.93. The van der Waals surface area contributed by atoms with Crippen molar-refractivity contribution < 1.29 is 4.79 Å². The van der Waals surface area contributed by atoms with Crippen LogP contribution in [-0.2, 0) is 13.0 Å². The first-order valence-corrected chi connectivity index (χ1v) is 7.93. The van der Waals surface area contributed by atoms with E-state index in [9.17, 15) is 4.79 Å². The molecule has 1 amide bonds. The van der Waals surface area contributed by atoms with Gasteiger partial charge in [-0.1, -0.05) is 54.6 Å². The van der Waals surface area contributed by atoms with Crippen LogP contribution in [0.2, 0.25) is 0 Å². The molecule has 2 aliphatic rings. The van der Waals surface area contributed by atoms with Gasteiger partial charge in [0.2, 0.25) is 0 Å². The molecule has 0 bridgehead atoms. The number of amides is 1. The topological polar surface area (TPSA) is 29.1 Å².